The molecular formula is C12H17FN2. The van der Waals surface area contributed by atoms with Gasteiger partial charge in [0.05, 0.1) is 5.69 Å². The molecule has 0 spiro atoms. The van der Waals surface area contributed by atoms with Gasteiger partial charge in [-0.3, -0.25) is 0 Å². The predicted octanol–water partition coefficient (Wildman–Crippen LogP) is 1.97. The van der Waals surface area contributed by atoms with E-state index in [-0.39, 0.29) is 5.82 Å². The van der Waals surface area contributed by atoms with E-state index in [1.54, 1.807) is 6.07 Å². The van der Waals surface area contributed by atoms with Gasteiger partial charge in [0.2, 0.25) is 0 Å². The maximum Gasteiger partial charge on any atom is 0.146 e. The molecule has 1 unspecified atom stereocenters. The van der Waals surface area contributed by atoms with E-state index >= 15 is 0 Å². The molecule has 82 valence electrons. The van der Waals surface area contributed by atoms with Crippen LogP contribution in [0.5, 0.6) is 0 Å². The first-order chi connectivity index (χ1) is 7.20. The fourth-order valence-corrected chi connectivity index (χ4v) is 2.25. The van der Waals surface area contributed by atoms with Gasteiger partial charge in [-0.2, -0.15) is 0 Å². The van der Waals surface area contributed by atoms with E-state index < -0.39 is 0 Å². The van der Waals surface area contributed by atoms with Crippen LogP contribution in [-0.2, 0) is 0 Å². The fourth-order valence-electron chi connectivity index (χ4n) is 2.25. The van der Waals surface area contributed by atoms with Crippen molar-refractivity contribution in [3.8, 4) is 0 Å². The van der Waals surface area contributed by atoms with Crippen molar-refractivity contribution < 1.29 is 4.39 Å². The Morgan fingerprint density at radius 2 is 2.20 bits per heavy atom. The number of nitrogens with one attached hydrogen (secondary N) is 1. The van der Waals surface area contributed by atoms with E-state index in [1.165, 1.54) is 6.07 Å². The number of rotatable bonds is 2. The van der Waals surface area contributed by atoms with Gasteiger partial charge in [-0.1, -0.05) is 12.1 Å². The van der Waals surface area contributed by atoms with Gasteiger partial charge in [-0.05, 0) is 30.5 Å². The standard InChI is InChI=1S/C12H17FN2/c1-15(2)12-10(4-3-5-11(12)13)9-6-7-14-8-9/h3-5,9,14H,6-8H2,1-2H3. The molecule has 15 heavy (non-hydrogen) atoms. The average Bonchev–Trinajstić information content (AvgIpc) is 2.69. The minimum absolute atomic E-state index is 0.121. The lowest BCUT2D eigenvalue weighted by molar-refractivity contribution is 0.619. The Labute approximate surface area is 90.1 Å². The molecule has 0 aliphatic carbocycles. The van der Waals surface area contributed by atoms with Crippen LogP contribution < -0.4 is 10.2 Å². The lowest BCUT2D eigenvalue weighted by atomic mass is 9.96. The molecule has 1 aliphatic heterocycles. The molecule has 1 aliphatic rings. The molecule has 2 nitrogen and oxygen atoms in total. The summed E-state index contributed by atoms with van der Waals surface area (Å²) in [4.78, 5) is 1.86. The number of anilines is 1. The SMILES string of the molecule is CN(C)c1c(F)cccc1C1CCNC1. The molecule has 1 N–H and O–H groups in total. The zero-order valence-corrected chi connectivity index (χ0v) is 9.26. The normalized spacial score (nSPS) is 20.6. The quantitative estimate of drug-likeness (QED) is 0.799. The molecule has 1 aromatic rings. The number of hydrogen-bond donors (Lipinski definition) is 1. The van der Waals surface area contributed by atoms with Gasteiger partial charge in [0.25, 0.3) is 0 Å². The average molecular weight is 208 g/mol. The zero-order chi connectivity index (χ0) is 10.8. The zero-order valence-electron chi connectivity index (χ0n) is 9.26. The number of hydrogen-bond acceptors (Lipinski definition) is 2. The number of halogens is 1. The van der Waals surface area contributed by atoms with E-state index in [0.29, 0.717) is 5.92 Å². The van der Waals surface area contributed by atoms with E-state index in [1.807, 2.05) is 25.1 Å². The van der Waals surface area contributed by atoms with Crippen molar-refractivity contribution in [2.24, 2.45) is 0 Å². The molecule has 1 fully saturated rings. The third-order valence-corrected chi connectivity index (χ3v) is 2.97. The second kappa shape index (κ2) is 4.19. The first kappa shape index (κ1) is 10.4. The first-order valence-corrected chi connectivity index (χ1v) is 5.36. The largest absolute Gasteiger partial charge is 0.375 e. The van der Waals surface area contributed by atoms with Gasteiger partial charge in [0.15, 0.2) is 0 Å². The maximum absolute atomic E-state index is 13.7. The van der Waals surface area contributed by atoms with Crippen molar-refractivity contribution in [2.45, 2.75) is 12.3 Å². The van der Waals surface area contributed by atoms with Crippen LogP contribution in [0.2, 0.25) is 0 Å². The second-order valence-corrected chi connectivity index (χ2v) is 4.26. The predicted molar refractivity (Wildman–Crippen MR) is 61.0 cm³/mol. The van der Waals surface area contributed by atoms with Crippen LogP contribution >= 0.6 is 0 Å². The van der Waals surface area contributed by atoms with Crippen LogP contribution in [0.15, 0.2) is 18.2 Å². The Balaban J connectivity index is 2.40. The minimum Gasteiger partial charge on any atom is -0.375 e. The Hall–Kier alpha value is -1.09. The molecule has 0 bridgehead atoms. The number of benzene rings is 1. The van der Waals surface area contributed by atoms with E-state index in [2.05, 4.69) is 5.32 Å². The van der Waals surface area contributed by atoms with Crippen molar-refractivity contribution in [3.63, 3.8) is 0 Å². The molecule has 0 saturated carbocycles. The summed E-state index contributed by atoms with van der Waals surface area (Å²) in [6.45, 7) is 2.00. The molecule has 1 heterocycles. The van der Waals surface area contributed by atoms with Crippen molar-refractivity contribution in [3.05, 3.63) is 29.6 Å². The highest BCUT2D eigenvalue weighted by atomic mass is 19.1. The number of para-hydroxylation sites is 1. The van der Waals surface area contributed by atoms with Gasteiger partial charge in [0.1, 0.15) is 5.82 Å². The summed E-state index contributed by atoms with van der Waals surface area (Å²) in [5.74, 6) is 0.336. The number of nitrogens with zero attached hydrogens (tertiary/aromatic N) is 1. The molecular weight excluding hydrogens is 191 g/mol. The molecule has 2 rings (SSSR count). The van der Waals surface area contributed by atoms with Gasteiger partial charge >= 0.3 is 0 Å². The summed E-state index contributed by atoms with van der Waals surface area (Å²) in [5, 5.41) is 3.32. The molecule has 0 aromatic heterocycles. The van der Waals surface area contributed by atoms with Crippen LogP contribution in [0.3, 0.4) is 0 Å². The van der Waals surface area contributed by atoms with Crippen LogP contribution in [0, 0.1) is 5.82 Å². The summed E-state index contributed by atoms with van der Waals surface area (Å²) in [6.07, 6.45) is 1.10. The summed E-state index contributed by atoms with van der Waals surface area (Å²) < 4.78 is 13.7. The topological polar surface area (TPSA) is 15.3 Å². The molecule has 3 heteroatoms. The summed E-state index contributed by atoms with van der Waals surface area (Å²) >= 11 is 0. The second-order valence-electron chi connectivity index (χ2n) is 4.26. The Bertz CT molecular complexity index is 343. The van der Waals surface area contributed by atoms with E-state index in [4.69, 9.17) is 0 Å². The Kier molecular flexibility index (Phi) is 2.91. The molecule has 0 amide bonds. The van der Waals surface area contributed by atoms with E-state index in [9.17, 15) is 4.39 Å². The third-order valence-electron chi connectivity index (χ3n) is 2.97. The minimum atomic E-state index is -0.121. The summed E-state index contributed by atoms with van der Waals surface area (Å²) in [7, 11) is 3.79. The first-order valence-electron chi connectivity index (χ1n) is 5.36. The van der Waals surface area contributed by atoms with E-state index in [0.717, 1.165) is 30.8 Å². The van der Waals surface area contributed by atoms with Crippen LogP contribution in [0.25, 0.3) is 0 Å². The highest BCUT2D eigenvalue weighted by Crippen LogP contribution is 2.32. The lowest BCUT2D eigenvalue weighted by Crippen LogP contribution is -2.16. The fraction of sp³-hybridized carbons (Fsp3) is 0.500. The maximum atomic E-state index is 13.7. The van der Waals surface area contributed by atoms with Crippen LogP contribution in [0.4, 0.5) is 10.1 Å². The monoisotopic (exact) mass is 208 g/mol. The van der Waals surface area contributed by atoms with Crippen molar-refractivity contribution in [1.29, 1.82) is 0 Å². The lowest BCUT2D eigenvalue weighted by Gasteiger charge is -2.21. The van der Waals surface area contributed by atoms with Crippen LogP contribution in [0.1, 0.15) is 17.9 Å². The summed E-state index contributed by atoms with van der Waals surface area (Å²) in [6, 6.07) is 5.37. The summed E-state index contributed by atoms with van der Waals surface area (Å²) in [5.41, 5.74) is 1.87. The van der Waals surface area contributed by atoms with Gasteiger partial charge < -0.3 is 10.2 Å². The Morgan fingerprint density at radius 3 is 2.80 bits per heavy atom. The molecule has 1 saturated heterocycles. The van der Waals surface area contributed by atoms with Crippen molar-refractivity contribution in [2.75, 3.05) is 32.1 Å². The van der Waals surface area contributed by atoms with Gasteiger partial charge in [-0.15, -0.1) is 0 Å². The molecule has 1 aromatic carbocycles. The smallest absolute Gasteiger partial charge is 0.146 e. The molecule has 0 radical (unpaired) electrons. The Morgan fingerprint density at radius 1 is 1.40 bits per heavy atom. The highest BCUT2D eigenvalue weighted by Gasteiger charge is 2.21. The molecule has 1 atom stereocenters. The van der Waals surface area contributed by atoms with Crippen LogP contribution in [-0.4, -0.2) is 27.2 Å². The third kappa shape index (κ3) is 1.97. The highest BCUT2D eigenvalue weighted by molar-refractivity contribution is 5.55. The van der Waals surface area contributed by atoms with Gasteiger partial charge in [0, 0.05) is 20.6 Å². The van der Waals surface area contributed by atoms with Gasteiger partial charge in [-0.25, -0.2) is 4.39 Å². The van der Waals surface area contributed by atoms with Crippen molar-refractivity contribution in [1.82, 2.24) is 5.32 Å². The van der Waals surface area contributed by atoms with Crippen molar-refractivity contribution >= 4 is 5.69 Å².